The number of methoxy groups -OCH3 is 1. The van der Waals surface area contributed by atoms with Crippen molar-refractivity contribution in [3.63, 3.8) is 0 Å². The van der Waals surface area contributed by atoms with Crippen molar-refractivity contribution in [3.05, 3.63) is 47.3 Å². The van der Waals surface area contributed by atoms with Crippen molar-refractivity contribution in [2.45, 2.75) is 19.9 Å². The maximum Gasteiger partial charge on any atom is 0.225 e. The maximum atomic E-state index is 11.6. The predicted molar refractivity (Wildman–Crippen MR) is 112 cm³/mol. The van der Waals surface area contributed by atoms with Crippen molar-refractivity contribution in [2.75, 3.05) is 38.7 Å². The number of fused-ring (bicyclic) bond motifs is 1. The summed E-state index contributed by atoms with van der Waals surface area (Å²) in [6.07, 6.45) is 1.67. The molecule has 6 nitrogen and oxygen atoms in total. The highest BCUT2D eigenvalue weighted by atomic mass is 35.5. The summed E-state index contributed by atoms with van der Waals surface area (Å²) in [5.41, 5.74) is 2.69. The summed E-state index contributed by atoms with van der Waals surface area (Å²) in [5, 5.41) is 0. The number of hydrogen-bond acceptors (Lipinski definition) is 6. The van der Waals surface area contributed by atoms with Crippen LogP contribution in [0.5, 0.6) is 5.75 Å². The molecule has 0 radical (unpaired) electrons. The second-order valence-corrected chi connectivity index (χ2v) is 7.71. The van der Waals surface area contributed by atoms with E-state index in [1.807, 2.05) is 19.1 Å². The van der Waals surface area contributed by atoms with Gasteiger partial charge in [0.25, 0.3) is 0 Å². The number of rotatable bonds is 4. The van der Waals surface area contributed by atoms with Crippen molar-refractivity contribution < 1.29 is 9.53 Å². The van der Waals surface area contributed by atoms with E-state index in [1.54, 1.807) is 20.2 Å². The molecule has 4 rings (SSSR count). The molecule has 150 valence electrons. The summed E-state index contributed by atoms with van der Waals surface area (Å²) in [4.78, 5) is 25.4. The Bertz CT molecular complexity index is 858. The Morgan fingerprint density at radius 3 is 2.50 bits per heavy atom. The minimum Gasteiger partial charge on any atom is -0.497 e. The first-order valence-electron chi connectivity index (χ1n) is 9.41. The summed E-state index contributed by atoms with van der Waals surface area (Å²) in [7, 11) is 3.90. The number of ether oxygens (including phenoxy) is 1. The van der Waals surface area contributed by atoms with Crippen LogP contribution in [0.15, 0.2) is 30.5 Å². The number of aryl methyl sites for hydroxylation is 1. The fraction of sp³-hybridized carbons (Fsp3) is 0.476. The summed E-state index contributed by atoms with van der Waals surface area (Å²) in [5.74, 6) is 2.78. The monoisotopic (exact) mass is 402 g/mol. The van der Waals surface area contributed by atoms with Crippen molar-refractivity contribution in [3.8, 4) is 5.75 Å². The molecule has 2 aliphatic heterocycles. The third-order valence-corrected chi connectivity index (χ3v) is 5.98. The first-order valence-corrected chi connectivity index (χ1v) is 9.41. The molecular weight excluding hydrogens is 376 g/mol. The number of ketones is 1. The number of halogens is 1. The summed E-state index contributed by atoms with van der Waals surface area (Å²) in [6, 6.07) is 8.82. The third-order valence-electron chi connectivity index (χ3n) is 5.98. The summed E-state index contributed by atoms with van der Waals surface area (Å²) in [6.45, 7) is 6.40. The molecule has 2 saturated heterocycles. The van der Waals surface area contributed by atoms with Crippen LogP contribution in [0, 0.1) is 18.8 Å². The lowest BCUT2D eigenvalue weighted by Gasteiger charge is -2.27. The van der Waals surface area contributed by atoms with Gasteiger partial charge in [0.05, 0.1) is 18.4 Å². The molecule has 3 atom stereocenters. The molecule has 0 N–H and O–H groups in total. The molecule has 0 aliphatic carbocycles. The van der Waals surface area contributed by atoms with Crippen LogP contribution >= 0.6 is 12.4 Å². The fourth-order valence-electron chi connectivity index (χ4n) is 4.68. The Kier molecular flexibility index (Phi) is 5.91. The van der Waals surface area contributed by atoms with Gasteiger partial charge < -0.3 is 9.64 Å². The second-order valence-electron chi connectivity index (χ2n) is 7.71. The molecule has 3 heterocycles. The molecule has 0 amide bonds. The van der Waals surface area contributed by atoms with Gasteiger partial charge in [-0.3, -0.25) is 9.69 Å². The molecule has 0 spiro atoms. The Morgan fingerprint density at radius 2 is 1.89 bits per heavy atom. The number of anilines is 1. The minimum absolute atomic E-state index is 0. The van der Waals surface area contributed by atoms with Gasteiger partial charge in [-0.25, -0.2) is 9.97 Å². The molecule has 2 aliphatic rings. The number of aromatic nitrogens is 2. The van der Waals surface area contributed by atoms with E-state index in [0.717, 1.165) is 37.0 Å². The maximum absolute atomic E-state index is 11.6. The van der Waals surface area contributed by atoms with E-state index >= 15 is 0 Å². The molecule has 2 fully saturated rings. The van der Waals surface area contributed by atoms with Gasteiger partial charge in [-0.15, -0.1) is 12.4 Å². The molecule has 7 heteroatoms. The van der Waals surface area contributed by atoms with Gasteiger partial charge in [-0.05, 0) is 44.5 Å². The van der Waals surface area contributed by atoms with Gasteiger partial charge in [0.2, 0.25) is 5.95 Å². The normalized spacial score (nSPS) is 24.0. The third kappa shape index (κ3) is 3.59. The molecule has 0 saturated carbocycles. The Balaban J connectivity index is 0.00000225. The van der Waals surface area contributed by atoms with Crippen LogP contribution in [0.4, 0.5) is 5.95 Å². The van der Waals surface area contributed by atoms with E-state index in [1.165, 1.54) is 5.56 Å². The van der Waals surface area contributed by atoms with Gasteiger partial charge in [-0.2, -0.15) is 0 Å². The standard InChI is InChI=1S/C21H26N4O2.ClH/c1-13-18(14(2)26)9-22-21(23-13)25-11-16-10-24(3)20(19(16)12-25)15-5-7-17(27-4)8-6-15;/h5-9,16,19-20H,10-12H2,1-4H3;1H/t16-,19+,20+;/m0./s1. The number of likely N-dealkylation sites (tertiary alicyclic amines) is 1. The Morgan fingerprint density at radius 1 is 1.18 bits per heavy atom. The lowest BCUT2D eigenvalue weighted by atomic mass is 9.89. The number of benzene rings is 1. The average molecular weight is 403 g/mol. The highest BCUT2D eigenvalue weighted by Crippen LogP contribution is 2.44. The van der Waals surface area contributed by atoms with E-state index in [2.05, 4.69) is 38.9 Å². The Labute approximate surface area is 172 Å². The average Bonchev–Trinajstić information content (AvgIpc) is 3.18. The van der Waals surface area contributed by atoms with Crippen LogP contribution in [0.25, 0.3) is 0 Å². The zero-order valence-electron chi connectivity index (χ0n) is 16.8. The van der Waals surface area contributed by atoms with E-state index in [-0.39, 0.29) is 18.2 Å². The molecule has 0 bridgehead atoms. The zero-order valence-corrected chi connectivity index (χ0v) is 17.6. The predicted octanol–water partition coefficient (Wildman–Crippen LogP) is 3.16. The number of nitrogens with zero attached hydrogens (tertiary/aromatic N) is 4. The molecule has 0 unspecified atom stereocenters. The van der Waals surface area contributed by atoms with Crippen LogP contribution in [0.3, 0.4) is 0 Å². The van der Waals surface area contributed by atoms with E-state index < -0.39 is 0 Å². The lowest BCUT2D eigenvalue weighted by molar-refractivity contribution is 0.101. The molecule has 1 aromatic carbocycles. The first-order chi connectivity index (χ1) is 13.0. The van der Waals surface area contributed by atoms with Gasteiger partial charge >= 0.3 is 0 Å². The van der Waals surface area contributed by atoms with E-state index in [4.69, 9.17) is 4.74 Å². The van der Waals surface area contributed by atoms with Crippen molar-refractivity contribution in [1.29, 1.82) is 0 Å². The van der Waals surface area contributed by atoms with Gasteiger partial charge in [0.15, 0.2) is 5.78 Å². The number of carbonyl (C=O) groups excluding carboxylic acids is 1. The lowest BCUT2D eigenvalue weighted by Crippen LogP contribution is -2.30. The highest BCUT2D eigenvalue weighted by molar-refractivity contribution is 5.94. The highest BCUT2D eigenvalue weighted by Gasteiger charge is 2.46. The van der Waals surface area contributed by atoms with Gasteiger partial charge in [0, 0.05) is 37.8 Å². The van der Waals surface area contributed by atoms with Crippen LogP contribution in [-0.2, 0) is 0 Å². The SMILES string of the molecule is COc1ccc([C@@H]2[C@@H]3CN(c4ncc(C(C)=O)c(C)n4)C[C@@H]3CN2C)cc1.Cl. The Hall–Kier alpha value is -2.18. The molecule has 2 aromatic rings. The molecule has 1 aromatic heterocycles. The van der Waals surface area contributed by atoms with Crippen molar-refractivity contribution in [2.24, 2.45) is 11.8 Å². The first kappa shape index (κ1) is 20.6. The van der Waals surface area contributed by atoms with Crippen LogP contribution in [0.1, 0.15) is 34.6 Å². The number of Topliss-reactive ketones (excluding diaryl/α,β-unsaturated/α-hetero) is 1. The van der Waals surface area contributed by atoms with E-state index in [0.29, 0.717) is 23.4 Å². The van der Waals surface area contributed by atoms with Crippen LogP contribution in [0.2, 0.25) is 0 Å². The van der Waals surface area contributed by atoms with Crippen molar-refractivity contribution >= 4 is 24.1 Å². The quantitative estimate of drug-likeness (QED) is 0.732. The number of carbonyl (C=O) groups is 1. The van der Waals surface area contributed by atoms with Crippen molar-refractivity contribution in [1.82, 2.24) is 14.9 Å². The van der Waals surface area contributed by atoms with E-state index in [9.17, 15) is 4.79 Å². The minimum atomic E-state index is 0. The van der Waals surface area contributed by atoms with Crippen LogP contribution in [-0.4, -0.2) is 54.4 Å². The second kappa shape index (κ2) is 8.05. The summed E-state index contributed by atoms with van der Waals surface area (Å²) >= 11 is 0. The fourth-order valence-corrected chi connectivity index (χ4v) is 4.68. The zero-order chi connectivity index (χ0) is 19.1. The smallest absolute Gasteiger partial charge is 0.225 e. The van der Waals surface area contributed by atoms with Gasteiger partial charge in [0.1, 0.15) is 5.75 Å². The molecule has 28 heavy (non-hydrogen) atoms. The topological polar surface area (TPSA) is 58.6 Å². The van der Waals surface area contributed by atoms with Gasteiger partial charge in [-0.1, -0.05) is 12.1 Å². The largest absolute Gasteiger partial charge is 0.497 e. The molecular formula is C21H27ClN4O2. The number of hydrogen-bond donors (Lipinski definition) is 0. The van der Waals surface area contributed by atoms with Crippen LogP contribution < -0.4 is 9.64 Å². The summed E-state index contributed by atoms with van der Waals surface area (Å²) < 4.78 is 5.30.